The van der Waals surface area contributed by atoms with Gasteiger partial charge in [-0.1, -0.05) is 43.2 Å². The molecule has 0 saturated heterocycles. The van der Waals surface area contributed by atoms with E-state index < -0.39 is 11.2 Å². The minimum Gasteiger partial charge on any atom is -0.480 e. The molecule has 0 aliphatic heterocycles. The van der Waals surface area contributed by atoms with Crippen LogP contribution in [0.15, 0.2) is 54.6 Å². The van der Waals surface area contributed by atoms with Crippen LogP contribution in [0.3, 0.4) is 0 Å². The normalized spacial score (nSPS) is 11.9. The molecule has 23 heavy (non-hydrogen) atoms. The van der Waals surface area contributed by atoms with Gasteiger partial charge >= 0.3 is 5.97 Å². The van der Waals surface area contributed by atoms with Crippen LogP contribution < -0.4 is 4.74 Å². The Morgan fingerprint density at radius 1 is 0.957 bits per heavy atom. The van der Waals surface area contributed by atoms with Gasteiger partial charge in [0.15, 0.2) is 0 Å². The number of hydrogen-bond donors (Lipinski definition) is 2. The largest absolute Gasteiger partial charge is 0.480 e. The first kappa shape index (κ1) is 17.4. The number of ether oxygens (including phenoxy) is 1. The monoisotopic (exact) mass is 330 g/mol. The van der Waals surface area contributed by atoms with Crippen LogP contribution in [0.2, 0.25) is 0 Å². The zero-order valence-electron chi connectivity index (χ0n) is 13.0. The molecule has 0 aliphatic rings. The van der Waals surface area contributed by atoms with Gasteiger partial charge in [0.1, 0.15) is 11.5 Å². The predicted octanol–water partition coefficient (Wildman–Crippen LogP) is 4.96. The standard InChI is InChI=1S/C19H22O3S/c20-19(21)18(23)10-6-1-3-7-15-11-13-17(14-12-15)22-16-8-4-2-5-9-16/h2,4-5,8-9,11-14,18,23H,1,3,6-7,10H2,(H,20,21). The lowest BCUT2D eigenvalue weighted by Crippen LogP contribution is -2.12. The van der Waals surface area contributed by atoms with E-state index in [0.717, 1.165) is 37.2 Å². The minimum absolute atomic E-state index is 0.538. The van der Waals surface area contributed by atoms with E-state index in [1.165, 1.54) is 5.56 Å². The second-order valence-corrected chi connectivity index (χ2v) is 6.14. The summed E-state index contributed by atoms with van der Waals surface area (Å²) in [5.41, 5.74) is 1.27. The van der Waals surface area contributed by atoms with E-state index in [4.69, 9.17) is 9.84 Å². The van der Waals surface area contributed by atoms with Crippen LogP contribution in [0.5, 0.6) is 11.5 Å². The maximum absolute atomic E-state index is 10.7. The first-order valence-electron chi connectivity index (χ1n) is 7.88. The predicted molar refractivity (Wildman–Crippen MR) is 95.5 cm³/mol. The SMILES string of the molecule is O=C(O)C(S)CCCCCc1ccc(Oc2ccccc2)cc1. The Balaban J connectivity index is 1.70. The number of carboxylic acid groups (broad SMARTS) is 1. The lowest BCUT2D eigenvalue weighted by atomic mass is 10.1. The number of aryl methyl sites for hydroxylation is 1. The quantitative estimate of drug-likeness (QED) is 0.504. The summed E-state index contributed by atoms with van der Waals surface area (Å²) in [5.74, 6) is 0.835. The fraction of sp³-hybridized carbons (Fsp3) is 0.316. The average molecular weight is 330 g/mol. The fourth-order valence-electron chi connectivity index (χ4n) is 2.32. The highest BCUT2D eigenvalue weighted by Gasteiger charge is 2.10. The number of aliphatic carboxylic acids is 1. The van der Waals surface area contributed by atoms with Crippen LogP contribution in [-0.2, 0) is 11.2 Å². The average Bonchev–Trinajstić information content (AvgIpc) is 2.56. The second kappa shape index (κ2) is 9.26. The Morgan fingerprint density at radius 3 is 2.26 bits per heavy atom. The van der Waals surface area contributed by atoms with Gasteiger partial charge in [-0.15, -0.1) is 0 Å². The third kappa shape index (κ3) is 6.37. The van der Waals surface area contributed by atoms with Crippen LogP contribution in [0.25, 0.3) is 0 Å². The Bertz CT molecular complexity index is 596. The van der Waals surface area contributed by atoms with Crippen molar-refractivity contribution in [3.63, 3.8) is 0 Å². The molecule has 122 valence electrons. The molecule has 0 amide bonds. The maximum atomic E-state index is 10.7. The number of benzene rings is 2. The molecule has 0 saturated carbocycles. The van der Waals surface area contributed by atoms with Crippen molar-refractivity contribution in [3.05, 3.63) is 60.2 Å². The number of unbranched alkanes of at least 4 members (excludes halogenated alkanes) is 2. The molecule has 0 aromatic heterocycles. The molecular formula is C19H22O3S. The molecule has 0 heterocycles. The summed E-state index contributed by atoms with van der Waals surface area (Å²) in [7, 11) is 0. The van der Waals surface area contributed by atoms with Gasteiger partial charge in [-0.25, -0.2) is 0 Å². The van der Waals surface area contributed by atoms with Gasteiger partial charge in [0.05, 0.1) is 5.25 Å². The number of thiol groups is 1. The van der Waals surface area contributed by atoms with Crippen molar-refractivity contribution in [2.24, 2.45) is 0 Å². The summed E-state index contributed by atoms with van der Waals surface area (Å²) in [6, 6.07) is 17.8. The summed E-state index contributed by atoms with van der Waals surface area (Å²) >= 11 is 4.04. The van der Waals surface area contributed by atoms with E-state index in [1.807, 2.05) is 42.5 Å². The van der Waals surface area contributed by atoms with Gasteiger partial charge in [-0.3, -0.25) is 4.79 Å². The van der Waals surface area contributed by atoms with Crippen molar-refractivity contribution < 1.29 is 14.6 Å². The summed E-state index contributed by atoms with van der Waals surface area (Å²) in [6.07, 6.45) is 4.60. The third-order valence-electron chi connectivity index (χ3n) is 3.63. The van der Waals surface area contributed by atoms with Gasteiger partial charge in [0, 0.05) is 0 Å². The highest BCUT2D eigenvalue weighted by atomic mass is 32.1. The summed E-state index contributed by atoms with van der Waals surface area (Å²) < 4.78 is 5.76. The van der Waals surface area contributed by atoms with Gasteiger partial charge in [-0.05, 0) is 49.1 Å². The van der Waals surface area contributed by atoms with Crippen molar-refractivity contribution in [1.29, 1.82) is 0 Å². The van der Waals surface area contributed by atoms with Gasteiger partial charge < -0.3 is 9.84 Å². The molecule has 0 fully saturated rings. The summed E-state index contributed by atoms with van der Waals surface area (Å²) in [6.45, 7) is 0. The molecule has 1 N–H and O–H groups in total. The molecule has 1 unspecified atom stereocenters. The molecule has 2 aromatic rings. The molecule has 3 nitrogen and oxygen atoms in total. The molecular weight excluding hydrogens is 308 g/mol. The Kier molecular flexibility index (Phi) is 7.01. The molecule has 0 bridgehead atoms. The Labute approximate surface area is 142 Å². The zero-order valence-corrected chi connectivity index (χ0v) is 13.9. The van der Waals surface area contributed by atoms with Crippen LogP contribution >= 0.6 is 12.6 Å². The van der Waals surface area contributed by atoms with E-state index >= 15 is 0 Å². The van der Waals surface area contributed by atoms with Gasteiger partial charge in [0.25, 0.3) is 0 Å². The number of rotatable bonds is 9. The van der Waals surface area contributed by atoms with Crippen molar-refractivity contribution in [3.8, 4) is 11.5 Å². The number of carboxylic acids is 1. The third-order valence-corrected chi connectivity index (χ3v) is 4.11. The minimum atomic E-state index is -0.831. The van der Waals surface area contributed by atoms with E-state index in [-0.39, 0.29) is 0 Å². The van der Waals surface area contributed by atoms with E-state index in [2.05, 4.69) is 24.8 Å². The van der Waals surface area contributed by atoms with Crippen molar-refractivity contribution in [2.45, 2.75) is 37.4 Å². The molecule has 0 spiro atoms. The van der Waals surface area contributed by atoms with E-state index in [1.54, 1.807) is 0 Å². The Morgan fingerprint density at radius 2 is 1.61 bits per heavy atom. The fourth-order valence-corrected chi connectivity index (χ4v) is 2.50. The first-order valence-corrected chi connectivity index (χ1v) is 8.39. The summed E-state index contributed by atoms with van der Waals surface area (Å²) in [5, 5.41) is 8.22. The highest BCUT2D eigenvalue weighted by molar-refractivity contribution is 7.81. The van der Waals surface area contributed by atoms with Crippen molar-refractivity contribution >= 4 is 18.6 Å². The van der Waals surface area contributed by atoms with Crippen LogP contribution in [-0.4, -0.2) is 16.3 Å². The lowest BCUT2D eigenvalue weighted by molar-refractivity contribution is -0.136. The van der Waals surface area contributed by atoms with Crippen LogP contribution in [0.1, 0.15) is 31.2 Å². The van der Waals surface area contributed by atoms with E-state index in [0.29, 0.717) is 6.42 Å². The molecule has 4 heteroatoms. The molecule has 1 atom stereocenters. The van der Waals surface area contributed by atoms with Crippen molar-refractivity contribution in [2.75, 3.05) is 0 Å². The topological polar surface area (TPSA) is 46.5 Å². The lowest BCUT2D eigenvalue weighted by Gasteiger charge is -2.07. The molecule has 0 radical (unpaired) electrons. The maximum Gasteiger partial charge on any atom is 0.316 e. The van der Waals surface area contributed by atoms with Crippen LogP contribution in [0.4, 0.5) is 0 Å². The van der Waals surface area contributed by atoms with E-state index in [9.17, 15) is 4.79 Å². The van der Waals surface area contributed by atoms with Gasteiger partial charge in [0.2, 0.25) is 0 Å². The molecule has 0 aliphatic carbocycles. The van der Waals surface area contributed by atoms with Gasteiger partial charge in [-0.2, -0.15) is 12.6 Å². The van der Waals surface area contributed by atoms with Crippen LogP contribution in [0, 0.1) is 0 Å². The van der Waals surface area contributed by atoms with Crippen molar-refractivity contribution in [1.82, 2.24) is 0 Å². The molecule has 2 rings (SSSR count). The summed E-state index contributed by atoms with van der Waals surface area (Å²) in [4.78, 5) is 10.7. The smallest absolute Gasteiger partial charge is 0.316 e. The number of para-hydroxylation sites is 1. The second-order valence-electron chi connectivity index (χ2n) is 5.51. The number of hydrogen-bond acceptors (Lipinski definition) is 3. The first-order chi connectivity index (χ1) is 11.1. The molecule has 2 aromatic carbocycles. The highest BCUT2D eigenvalue weighted by Crippen LogP contribution is 2.21. The Hall–Kier alpha value is -1.94. The zero-order chi connectivity index (χ0) is 16.5. The number of carbonyl (C=O) groups is 1.